The molecule has 1 aromatic carbocycles. The fourth-order valence-electron chi connectivity index (χ4n) is 4.40. The van der Waals surface area contributed by atoms with Crippen molar-refractivity contribution in [3.63, 3.8) is 0 Å². The number of carbonyl (C=O) groups excluding carboxylic acids is 1. The summed E-state index contributed by atoms with van der Waals surface area (Å²) in [4.78, 5) is 16.5. The lowest BCUT2D eigenvalue weighted by molar-refractivity contribution is -0.117. The fourth-order valence-corrected chi connectivity index (χ4v) is 5.15. The van der Waals surface area contributed by atoms with Crippen molar-refractivity contribution in [2.75, 3.05) is 19.0 Å². The third kappa shape index (κ3) is 4.75. The van der Waals surface area contributed by atoms with Crippen molar-refractivity contribution in [1.29, 1.82) is 0 Å². The number of fused-ring (bicyclic) bond motifs is 2. The van der Waals surface area contributed by atoms with Crippen LogP contribution in [0.4, 0.5) is 10.2 Å². The first kappa shape index (κ1) is 24.5. The number of hydrogen-bond acceptors (Lipinski definition) is 5. The SMILES string of the molecule is COc1c(-c2cc3cc(NC(=O)[C@@H]4C[C@@H]4F)ncc3n2C)ccc2cnn(COCC[Si](C)(C)C)c12. The van der Waals surface area contributed by atoms with Crippen LogP contribution in [0.15, 0.2) is 36.7 Å². The second-order valence-corrected chi connectivity index (χ2v) is 16.3. The number of alkyl halides is 1. The molecule has 0 radical (unpaired) electrons. The van der Waals surface area contributed by atoms with Crippen molar-refractivity contribution in [2.45, 2.75) is 45.0 Å². The quantitative estimate of drug-likeness (QED) is 0.247. The van der Waals surface area contributed by atoms with E-state index in [9.17, 15) is 9.18 Å². The highest BCUT2D eigenvalue weighted by molar-refractivity contribution is 6.76. The average molecular weight is 510 g/mol. The monoisotopic (exact) mass is 509 g/mol. The van der Waals surface area contributed by atoms with Gasteiger partial charge < -0.3 is 19.4 Å². The van der Waals surface area contributed by atoms with Gasteiger partial charge in [0.05, 0.1) is 36.6 Å². The van der Waals surface area contributed by atoms with Crippen LogP contribution in [0, 0.1) is 5.92 Å². The van der Waals surface area contributed by atoms with E-state index in [4.69, 9.17) is 9.47 Å². The molecule has 0 unspecified atom stereocenters. The second-order valence-electron chi connectivity index (χ2n) is 10.6. The Bertz CT molecular complexity index is 1440. The van der Waals surface area contributed by atoms with Gasteiger partial charge >= 0.3 is 0 Å². The average Bonchev–Trinajstić information content (AvgIpc) is 3.29. The standard InChI is InChI=1S/C26H32FN5O3Si/c1-31-21(10-17-11-23(28-14-22(17)31)30-26(33)19-12-20(19)27)18-7-6-16-13-29-32(24(16)25(18)34-2)15-35-8-9-36(3,4)5/h6-7,10-11,13-14,19-20H,8-9,12,15H2,1-5H3,(H,28,30,33)/t19-,20+/m1/s1. The third-order valence-corrected chi connectivity index (χ3v) is 8.38. The number of ether oxygens (including phenoxy) is 2. The number of amides is 1. The summed E-state index contributed by atoms with van der Waals surface area (Å²) in [5.41, 5.74) is 3.64. The molecule has 3 aromatic heterocycles. The van der Waals surface area contributed by atoms with Crippen LogP contribution < -0.4 is 10.1 Å². The molecule has 3 heterocycles. The van der Waals surface area contributed by atoms with Gasteiger partial charge in [-0.15, -0.1) is 0 Å². The Hall–Kier alpha value is -3.24. The molecule has 1 N–H and O–H groups in total. The zero-order valence-electron chi connectivity index (χ0n) is 21.3. The first-order valence-electron chi connectivity index (χ1n) is 12.2. The summed E-state index contributed by atoms with van der Waals surface area (Å²) >= 11 is 0. The maximum atomic E-state index is 13.2. The van der Waals surface area contributed by atoms with E-state index in [1.54, 1.807) is 13.3 Å². The zero-order valence-corrected chi connectivity index (χ0v) is 22.3. The molecule has 1 aliphatic rings. The van der Waals surface area contributed by atoms with Crippen LogP contribution >= 0.6 is 0 Å². The Balaban J connectivity index is 1.46. The summed E-state index contributed by atoms with van der Waals surface area (Å²) in [6.07, 6.45) is 2.78. The van der Waals surface area contributed by atoms with Crippen LogP contribution in [-0.2, 0) is 23.3 Å². The molecule has 4 aromatic rings. The number of nitrogens with zero attached hydrogens (tertiary/aromatic N) is 4. The van der Waals surface area contributed by atoms with Crippen LogP contribution in [0.2, 0.25) is 25.7 Å². The lowest BCUT2D eigenvalue weighted by Crippen LogP contribution is -2.22. The largest absolute Gasteiger partial charge is 0.494 e. The van der Waals surface area contributed by atoms with E-state index in [0.29, 0.717) is 24.9 Å². The summed E-state index contributed by atoms with van der Waals surface area (Å²) in [6.45, 7) is 8.06. The van der Waals surface area contributed by atoms with E-state index >= 15 is 0 Å². The van der Waals surface area contributed by atoms with Gasteiger partial charge in [-0.25, -0.2) is 14.1 Å². The Kier molecular flexibility index (Phi) is 6.33. The predicted molar refractivity (Wildman–Crippen MR) is 142 cm³/mol. The van der Waals surface area contributed by atoms with E-state index in [1.807, 2.05) is 46.8 Å². The van der Waals surface area contributed by atoms with Gasteiger partial charge in [-0.2, -0.15) is 5.10 Å². The molecule has 8 nitrogen and oxygen atoms in total. The van der Waals surface area contributed by atoms with Crippen LogP contribution in [0.3, 0.4) is 0 Å². The summed E-state index contributed by atoms with van der Waals surface area (Å²) < 4.78 is 29.0. The molecular formula is C26H32FN5O3Si. The predicted octanol–water partition coefficient (Wildman–Crippen LogP) is 5.21. The van der Waals surface area contributed by atoms with Crippen LogP contribution in [0.5, 0.6) is 5.75 Å². The number of pyridine rings is 1. The van der Waals surface area contributed by atoms with Crippen LogP contribution in [0.25, 0.3) is 33.1 Å². The smallest absolute Gasteiger partial charge is 0.231 e. The number of aryl methyl sites for hydroxylation is 1. The van der Waals surface area contributed by atoms with Gasteiger partial charge in [0, 0.05) is 38.1 Å². The van der Waals surface area contributed by atoms with Crippen molar-refractivity contribution in [2.24, 2.45) is 13.0 Å². The molecule has 1 aliphatic carbocycles. The molecule has 1 saturated carbocycles. The van der Waals surface area contributed by atoms with Crippen LogP contribution in [-0.4, -0.2) is 53.2 Å². The first-order chi connectivity index (χ1) is 17.2. The van der Waals surface area contributed by atoms with Crippen molar-refractivity contribution in [3.8, 4) is 17.0 Å². The Morgan fingerprint density at radius 3 is 2.69 bits per heavy atom. The Labute approximate surface area is 210 Å². The topological polar surface area (TPSA) is 83.2 Å². The number of carbonyl (C=O) groups is 1. The molecule has 36 heavy (non-hydrogen) atoms. The third-order valence-electron chi connectivity index (χ3n) is 6.68. The maximum absolute atomic E-state index is 13.2. The molecule has 2 atom stereocenters. The Morgan fingerprint density at radius 2 is 2.00 bits per heavy atom. The molecule has 190 valence electrons. The van der Waals surface area contributed by atoms with E-state index in [1.165, 1.54) is 0 Å². The summed E-state index contributed by atoms with van der Waals surface area (Å²) in [5.74, 6) is 0.251. The molecule has 1 amide bonds. The van der Waals surface area contributed by atoms with Crippen molar-refractivity contribution in [1.82, 2.24) is 19.3 Å². The first-order valence-corrected chi connectivity index (χ1v) is 15.9. The molecule has 0 saturated heterocycles. The minimum atomic E-state index is -1.17. The van der Waals surface area contributed by atoms with Gasteiger partial charge in [0.25, 0.3) is 0 Å². The highest BCUT2D eigenvalue weighted by atomic mass is 28.3. The molecule has 0 spiro atoms. The highest BCUT2D eigenvalue weighted by Crippen LogP contribution is 2.39. The molecule has 0 aliphatic heterocycles. The summed E-state index contributed by atoms with van der Waals surface area (Å²) in [6, 6.07) is 9.00. The maximum Gasteiger partial charge on any atom is 0.231 e. The number of rotatable bonds is 9. The number of anilines is 1. The molecule has 0 bridgehead atoms. The highest BCUT2D eigenvalue weighted by Gasteiger charge is 2.43. The minimum Gasteiger partial charge on any atom is -0.494 e. The van der Waals surface area contributed by atoms with E-state index in [2.05, 4.69) is 35.0 Å². The van der Waals surface area contributed by atoms with Gasteiger partial charge in [0.1, 0.15) is 24.2 Å². The van der Waals surface area contributed by atoms with E-state index in [0.717, 1.165) is 39.1 Å². The summed E-state index contributed by atoms with van der Waals surface area (Å²) in [7, 11) is 2.46. The van der Waals surface area contributed by atoms with Gasteiger partial charge in [0.15, 0.2) is 5.75 Å². The molecule has 10 heteroatoms. The van der Waals surface area contributed by atoms with Gasteiger partial charge in [0.2, 0.25) is 5.91 Å². The zero-order chi connectivity index (χ0) is 25.6. The lowest BCUT2D eigenvalue weighted by Gasteiger charge is -2.16. The van der Waals surface area contributed by atoms with Crippen molar-refractivity contribution < 1.29 is 18.7 Å². The van der Waals surface area contributed by atoms with Gasteiger partial charge in [-0.1, -0.05) is 25.7 Å². The number of aromatic nitrogens is 4. The minimum absolute atomic E-state index is 0.284. The molecular weight excluding hydrogens is 477 g/mol. The number of methoxy groups -OCH3 is 1. The molecule has 5 rings (SSSR count). The van der Waals surface area contributed by atoms with Gasteiger partial charge in [-0.3, -0.25) is 4.79 Å². The van der Waals surface area contributed by atoms with Crippen molar-refractivity contribution in [3.05, 3.63) is 36.7 Å². The van der Waals surface area contributed by atoms with Gasteiger partial charge in [-0.05, 0) is 30.7 Å². The number of nitrogens with one attached hydrogen (secondary N) is 1. The molecule has 1 fully saturated rings. The van der Waals surface area contributed by atoms with Crippen LogP contribution in [0.1, 0.15) is 6.42 Å². The van der Waals surface area contributed by atoms with E-state index in [-0.39, 0.29) is 12.3 Å². The number of benzene rings is 1. The number of hydrogen-bond donors (Lipinski definition) is 1. The lowest BCUT2D eigenvalue weighted by atomic mass is 10.1. The normalized spacial score (nSPS) is 17.6. The second kappa shape index (κ2) is 9.33. The fraction of sp³-hybridized carbons (Fsp3) is 0.423. The van der Waals surface area contributed by atoms with E-state index < -0.39 is 20.2 Å². The Morgan fingerprint density at radius 1 is 1.22 bits per heavy atom. The van der Waals surface area contributed by atoms with Crippen molar-refractivity contribution >= 4 is 41.6 Å². The summed E-state index contributed by atoms with van der Waals surface area (Å²) in [5, 5.41) is 9.16. The number of halogens is 1.